The summed E-state index contributed by atoms with van der Waals surface area (Å²) in [6.45, 7) is 2.11. The average Bonchev–Trinajstić information content (AvgIpc) is 3.13. The maximum Gasteiger partial charge on any atom is 0.115 e. The zero-order chi connectivity index (χ0) is 13.1. The van der Waals surface area contributed by atoms with Crippen molar-refractivity contribution in [3.8, 4) is 11.3 Å². The minimum Gasteiger partial charge on any atom is -0.376 e. The average molecular weight is 270 g/mol. The second-order valence-electron chi connectivity index (χ2n) is 4.29. The molecule has 4 nitrogen and oxygen atoms in total. The van der Waals surface area contributed by atoms with Crippen molar-refractivity contribution in [2.24, 2.45) is 0 Å². The number of hydrogen-bond donors (Lipinski definition) is 2. The molecule has 2 N–H and O–H groups in total. The number of anilines is 1. The van der Waals surface area contributed by atoms with E-state index in [1.165, 1.54) is 0 Å². The Labute approximate surface area is 115 Å². The molecule has 1 atom stereocenters. The van der Waals surface area contributed by atoms with Crippen molar-refractivity contribution >= 4 is 17.0 Å². The number of benzene rings is 1. The van der Waals surface area contributed by atoms with E-state index in [0.29, 0.717) is 0 Å². The Morgan fingerprint density at radius 3 is 2.95 bits per heavy atom. The van der Waals surface area contributed by atoms with E-state index in [1.807, 2.05) is 23.7 Å². The lowest BCUT2D eigenvalue weighted by molar-refractivity contribution is 0.870. The normalized spacial score (nSPS) is 12.3. The summed E-state index contributed by atoms with van der Waals surface area (Å²) < 4.78 is 0. The number of thiazole rings is 1. The Hall–Kier alpha value is -2.14. The van der Waals surface area contributed by atoms with Gasteiger partial charge < -0.3 is 5.32 Å². The van der Waals surface area contributed by atoms with Crippen LogP contribution in [0, 0.1) is 0 Å². The third-order valence-corrected chi connectivity index (χ3v) is 3.84. The molecular weight excluding hydrogens is 256 g/mol. The molecule has 2 aromatic heterocycles. The standard InChI is InChI=1S/C14H14N4S/c1-10(14-15-7-8-19-14)17-12-4-2-3-11(9-12)13-5-6-16-18-13/h2-10,17H,1H3,(H,16,18). The van der Waals surface area contributed by atoms with Gasteiger partial charge in [0.15, 0.2) is 0 Å². The lowest BCUT2D eigenvalue weighted by Gasteiger charge is -2.13. The summed E-state index contributed by atoms with van der Waals surface area (Å²) in [7, 11) is 0. The first-order valence-electron chi connectivity index (χ1n) is 6.08. The van der Waals surface area contributed by atoms with Crippen molar-refractivity contribution in [1.29, 1.82) is 0 Å². The monoisotopic (exact) mass is 270 g/mol. The first-order valence-corrected chi connectivity index (χ1v) is 6.96. The van der Waals surface area contributed by atoms with E-state index in [4.69, 9.17) is 0 Å². The van der Waals surface area contributed by atoms with Crippen LogP contribution in [0.25, 0.3) is 11.3 Å². The van der Waals surface area contributed by atoms with Gasteiger partial charge in [-0.1, -0.05) is 12.1 Å². The van der Waals surface area contributed by atoms with Crippen molar-refractivity contribution in [2.45, 2.75) is 13.0 Å². The van der Waals surface area contributed by atoms with E-state index in [1.54, 1.807) is 17.5 Å². The second kappa shape index (κ2) is 5.24. The maximum atomic E-state index is 4.32. The Balaban J connectivity index is 1.80. The van der Waals surface area contributed by atoms with Gasteiger partial charge in [0, 0.05) is 29.0 Å². The topological polar surface area (TPSA) is 53.6 Å². The number of hydrogen-bond acceptors (Lipinski definition) is 4. The number of nitrogens with zero attached hydrogens (tertiary/aromatic N) is 2. The van der Waals surface area contributed by atoms with Gasteiger partial charge in [0.2, 0.25) is 0 Å². The predicted octanol–water partition coefficient (Wildman–Crippen LogP) is 3.71. The van der Waals surface area contributed by atoms with E-state index in [2.05, 4.69) is 45.6 Å². The molecule has 0 fully saturated rings. The van der Waals surface area contributed by atoms with Crippen molar-refractivity contribution in [3.63, 3.8) is 0 Å². The van der Waals surface area contributed by atoms with Crippen LogP contribution in [-0.4, -0.2) is 15.2 Å². The highest BCUT2D eigenvalue weighted by atomic mass is 32.1. The lowest BCUT2D eigenvalue weighted by atomic mass is 10.1. The summed E-state index contributed by atoms with van der Waals surface area (Å²) in [6, 6.07) is 10.4. The summed E-state index contributed by atoms with van der Waals surface area (Å²) in [5, 5.41) is 13.5. The van der Waals surface area contributed by atoms with Crippen molar-refractivity contribution in [3.05, 3.63) is 53.1 Å². The highest BCUT2D eigenvalue weighted by Gasteiger charge is 2.08. The number of aromatic amines is 1. The maximum absolute atomic E-state index is 4.32. The first-order chi connectivity index (χ1) is 9.33. The fraction of sp³-hybridized carbons (Fsp3) is 0.143. The van der Waals surface area contributed by atoms with Gasteiger partial charge in [-0.15, -0.1) is 11.3 Å². The fourth-order valence-electron chi connectivity index (χ4n) is 1.95. The Morgan fingerprint density at radius 2 is 2.21 bits per heavy atom. The lowest BCUT2D eigenvalue weighted by Crippen LogP contribution is -2.05. The number of nitrogens with one attached hydrogen (secondary N) is 2. The summed E-state index contributed by atoms with van der Waals surface area (Å²) in [6.07, 6.45) is 3.59. The molecule has 2 heterocycles. The van der Waals surface area contributed by atoms with Crippen LogP contribution in [0.3, 0.4) is 0 Å². The second-order valence-corrected chi connectivity index (χ2v) is 5.21. The third kappa shape index (κ3) is 2.66. The molecule has 3 aromatic rings. The Bertz CT molecular complexity index is 631. The van der Waals surface area contributed by atoms with E-state index in [0.717, 1.165) is 22.0 Å². The molecule has 3 rings (SSSR count). The highest BCUT2D eigenvalue weighted by Crippen LogP contribution is 2.24. The van der Waals surface area contributed by atoms with Crippen LogP contribution >= 0.6 is 11.3 Å². The van der Waals surface area contributed by atoms with Crippen molar-refractivity contribution in [1.82, 2.24) is 15.2 Å². The van der Waals surface area contributed by atoms with E-state index in [-0.39, 0.29) is 6.04 Å². The minimum atomic E-state index is 0.206. The molecular formula is C14H14N4S. The molecule has 0 aliphatic rings. The molecule has 0 saturated carbocycles. The third-order valence-electron chi connectivity index (χ3n) is 2.88. The Morgan fingerprint density at radius 1 is 1.26 bits per heavy atom. The molecule has 1 unspecified atom stereocenters. The smallest absolute Gasteiger partial charge is 0.115 e. The van der Waals surface area contributed by atoms with Crippen LogP contribution in [0.4, 0.5) is 5.69 Å². The highest BCUT2D eigenvalue weighted by molar-refractivity contribution is 7.09. The van der Waals surface area contributed by atoms with Gasteiger partial charge in [0.25, 0.3) is 0 Å². The predicted molar refractivity (Wildman–Crippen MR) is 78.2 cm³/mol. The summed E-state index contributed by atoms with van der Waals surface area (Å²) in [4.78, 5) is 4.32. The number of aromatic nitrogens is 3. The molecule has 0 amide bonds. The molecule has 0 aliphatic heterocycles. The number of rotatable bonds is 4. The van der Waals surface area contributed by atoms with Gasteiger partial charge in [0.1, 0.15) is 5.01 Å². The molecule has 0 bridgehead atoms. The van der Waals surface area contributed by atoms with Crippen molar-refractivity contribution in [2.75, 3.05) is 5.32 Å². The summed E-state index contributed by atoms with van der Waals surface area (Å²) >= 11 is 1.66. The van der Waals surface area contributed by atoms with Gasteiger partial charge in [-0.3, -0.25) is 5.10 Å². The van der Waals surface area contributed by atoms with E-state index < -0.39 is 0 Å². The molecule has 0 spiro atoms. The zero-order valence-electron chi connectivity index (χ0n) is 10.5. The summed E-state index contributed by atoms with van der Waals surface area (Å²) in [5.41, 5.74) is 3.22. The SMILES string of the molecule is CC(Nc1cccc(-c2ccn[nH]2)c1)c1nccs1. The van der Waals surface area contributed by atoms with Gasteiger partial charge in [-0.2, -0.15) is 5.10 Å². The van der Waals surface area contributed by atoms with Gasteiger partial charge in [-0.05, 0) is 25.1 Å². The van der Waals surface area contributed by atoms with Gasteiger partial charge >= 0.3 is 0 Å². The van der Waals surface area contributed by atoms with Crippen LogP contribution in [0.5, 0.6) is 0 Å². The molecule has 5 heteroatoms. The Kier molecular flexibility index (Phi) is 3.29. The molecule has 0 aliphatic carbocycles. The van der Waals surface area contributed by atoms with Crippen LogP contribution in [0.1, 0.15) is 18.0 Å². The fourth-order valence-corrected chi connectivity index (χ4v) is 2.60. The van der Waals surface area contributed by atoms with Crippen LogP contribution < -0.4 is 5.32 Å². The largest absolute Gasteiger partial charge is 0.376 e. The number of H-pyrrole nitrogens is 1. The minimum absolute atomic E-state index is 0.206. The molecule has 19 heavy (non-hydrogen) atoms. The van der Waals surface area contributed by atoms with Gasteiger partial charge in [-0.25, -0.2) is 4.98 Å². The quantitative estimate of drug-likeness (QED) is 0.760. The first kappa shape index (κ1) is 11.9. The molecule has 96 valence electrons. The van der Waals surface area contributed by atoms with E-state index in [9.17, 15) is 0 Å². The van der Waals surface area contributed by atoms with Crippen LogP contribution in [-0.2, 0) is 0 Å². The molecule has 1 aromatic carbocycles. The van der Waals surface area contributed by atoms with Crippen LogP contribution in [0.2, 0.25) is 0 Å². The molecule has 0 radical (unpaired) electrons. The van der Waals surface area contributed by atoms with Crippen LogP contribution in [0.15, 0.2) is 48.1 Å². The summed E-state index contributed by atoms with van der Waals surface area (Å²) in [5.74, 6) is 0. The van der Waals surface area contributed by atoms with Crippen molar-refractivity contribution < 1.29 is 0 Å². The molecule has 0 saturated heterocycles. The zero-order valence-corrected chi connectivity index (χ0v) is 11.3. The van der Waals surface area contributed by atoms with E-state index >= 15 is 0 Å². The van der Waals surface area contributed by atoms with Gasteiger partial charge in [0.05, 0.1) is 11.7 Å².